The lowest BCUT2D eigenvalue weighted by Crippen LogP contribution is -2.41. The molecule has 2 atom stereocenters. The summed E-state index contributed by atoms with van der Waals surface area (Å²) in [5.74, 6) is -1.30. The molecular weight excluding hydrogens is 520 g/mol. The van der Waals surface area contributed by atoms with Gasteiger partial charge in [0.2, 0.25) is 11.8 Å². The zero-order valence-corrected chi connectivity index (χ0v) is 22.9. The van der Waals surface area contributed by atoms with Crippen LogP contribution in [0.4, 0.5) is 5.69 Å². The van der Waals surface area contributed by atoms with Crippen molar-refractivity contribution in [2.24, 2.45) is 11.8 Å². The Morgan fingerprint density at radius 1 is 0.756 bits per heavy atom. The van der Waals surface area contributed by atoms with E-state index in [1.165, 1.54) is 4.90 Å². The fourth-order valence-electron chi connectivity index (χ4n) is 6.77. The number of nitrogens with one attached hydrogen (secondary N) is 1. The second-order valence-corrected chi connectivity index (χ2v) is 10.8. The summed E-state index contributed by atoms with van der Waals surface area (Å²) in [5, 5.41) is 2.67. The summed E-state index contributed by atoms with van der Waals surface area (Å²) in [5.41, 5.74) is 5.24. The van der Waals surface area contributed by atoms with Crippen LogP contribution in [0, 0.1) is 11.8 Å². The number of carbonyl (C=O) groups excluding carboxylic acids is 4. The number of unbranched alkanes of at least 4 members (excludes halogenated alkanes) is 2. The van der Waals surface area contributed by atoms with Crippen LogP contribution in [0.1, 0.15) is 59.8 Å². The van der Waals surface area contributed by atoms with Crippen molar-refractivity contribution < 1.29 is 28.7 Å². The lowest BCUT2D eigenvalue weighted by Gasteiger charge is -2.45. The largest absolute Gasteiger partial charge is 0.497 e. The molecule has 7 rings (SSSR count). The highest BCUT2D eigenvalue weighted by molar-refractivity contribution is 6.07. The van der Waals surface area contributed by atoms with Crippen molar-refractivity contribution in [3.8, 4) is 5.75 Å². The summed E-state index contributed by atoms with van der Waals surface area (Å²) >= 11 is 0. The van der Waals surface area contributed by atoms with Crippen molar-refractivity contribution in [2.45, 2.75) is 37.5 Å². The number of methoxy groups -OCH3 is 1. The third-order valence-electron chi connectivity index (χ3n) is 8.54. The first-order valence-electron chi connectivity index (χ1n) is 14.1. The topological polar surface area (TPSA) is 102 Å². The molecule has 210 valence electrons. The molecular formula is C33H32N2O6. The third-order valence-corrected chi connectivity index (χ3v) is 8.54. The second kappa shape index (κ2) is 11.2. The maximum Gasteiger partial charge on any atom is 0.306 e. The molecule has 0 saturated carbocycles. The SMILES string of the molecule is COc1ccc(NC(=O)COC(=O)CCCCCN2C(=O)[C@H]3C4c5ccccc5C(c5ccccc54)[C@@H]3C2=O)cc1. The van der Waals surface area contributed by atoms with E-state index in [9.17, 15) is 19.2 Å². The Kier molecular flexibility index (Phi) is 7.30. The van der Waals surface area contributed by atoms with E-state index in [0.717, 1.165) is 22.3 Å². The van der Waals surface area contributed by atoms with E-state index in [0.29, 0.717) is 37.2 Å². The van der Waals surface area contributed by atoms with E-state index in [4.69, 9.17) is 9.47 Å². The van der Waals surface area contributed by atoms with Crippen LogP contribution in [0.3, 0.4) is 0 Å². The van der Waals surface area contributed by atoms with Crippen molar-refractivity contribution in [1.29, 1.82) is 0 Å². The molecule has 1 fully saturated rings. The van der Waals surface area contributed by atoms with Crippen molar-refractivity contribution in [1.82, 2.24) is 4.90 Å². The zero-order valence-electron chi connectivity index (χ0n) is 22.9. The molecule has 1 aliphatic heterocycles. The van der Waals surface area contributed by atoms with Gasteiger partial charge in [0, 0.05) is 30.5 Å². The van der Waals surface area contributed by atoms with Crippen LogP contribution >= 0.6 is 0 Å². The third kappa shape index (κ3) is 4.88. The van der Waals surface area contributed by atoms with Crippen molar-refractivity contribution in [3.63, 3.8) is 0 Å². The van der Waals surface area contributed by atoms with Gasteiger partial charge in [-0.05, 0) is 59.4 Å². The Hall–Kier alpha value is -4.46. The van der Waals surface area contributed by atoms with Gasteiger partial charge in [0.15, 0.2) is 6.61 Å². The molecule has 41 heavy (non-hydrogen) atoms. The predicted octanol–water partition coefficient (Wildman–Crippen LogP) is 4.63. The van der Waals surface area contributed by atoms with Gasteiger partial charge < -0.3 is 14.8 Å². The van der Waals surface area contributed by atoms with Crippen molar-refractivity contribution >= 4 is 29.4 Å². The highest BCUT2D eigenvalue weighted by Crippen LogP contribution is 2.60. The number of hydrogen-bond donors (Lipinski definition) is 1. The van der Waals surface area contributed by atoms with Crippen LogP contribution in [0.5, 0.6) is 5.75 Å². The number of likely N-dealkylation sites (tertiary alicyclic amines) is 1. The minimum absolute atomic E-state index is 0.0821. The van der Waals surface area contributed by atoms with Crippen LogP contribution in [0.15, 0.2) is 72.8 Å². The highest BCUT2D eigenvalue weighted by atomic mass is 16.5. The van der Waals surface area contributed by atoms with Gasteiger partial charge in [-0.25, -0.2) is 0 Å². The summed E-state index contributed by atoms with van der Waals surface area (Å²) in [6.07, 6.45) is 1.98. The fraction of sp³-hybridized carbons (Fsp3) is 0.333. The molecule has 0 aromatic heterocycles. The molecule has 0 radical (unpaired) electrons. The molecule has 1 N–H and O–H groups in total. The molecule has 0 spiro atoms. The van der Waals surface area contributed by atoms with E-state index < -0.39 is 11.9 Å². The van der Waals surface area contributed by atoms with E-state index >= 15 is 0 Å². The first kappa shape index (κ1) is 26.7. The first-order valence-corrected chi connectivity index (χ1v) is 14.1. The van der Waals surface area contributed by atoms with Gasteiger partial charge in [0.25, 0.3) is 5.91 Å². The number of imide groups is 1. The smallest absolute Gasteiger partial charge is 0.306 e. The number of hydrogen-bond acceptors (Lipinski definition) is 6. The van der Waals surface area contributed by atoms with Gasteiger partial charge >= 0.3 is 5.97 Å². The average molecular weight is 553 g/mol. The molecule has 1 heterocycles. The maximum absolute atomic E-state index is 13.6. The van der Waals surface area contributed by atoms with Gasteiger partial charge in [0.05, 0.1) is 18.9 Å². The maximum atomic E-state index is 13.6. The van der Waals surface area contributed by atoms with Crippen molar-refractivity contribution in [3.05, 3.63) is 95.1 Å². The Morgan fingerprint density at radius 3 is 1.80 bits per heavy atom. The highest BCUT2D eigenvalue weighted by Gasteiger charge is 2.61. The second-order valence-electron chi connectivity index (χ2n) is 10.8. The zero-order chi connectivity index (χ0) is 28.5. The Bertz CT molecular complexity index is 1380. The Labute approximate surface area is 238 Å². The van der Waals surface area contributed by atoms with Gasteiger partial charge in [-0.15, -0.1) is 0 Å². The van der Waals surface area contributed by atoms with Gasteiger partial charge in [-0.1, -0.05) is 55.0 Å². The molecule has 3 aromatic carbocycles. The van der Waals surface area contributed by atoms with E-state index in [2.05, 4.69) is 29.6 Å². The molecule has 4 aliphatic rings. The fourth-order valence-corrected chi connectivity index (χ4v) is 6.77. The first-order chi connectivity index (χ1) is 20.0. The van der Waals surface area contributed by atoms with E-state index in [-0.39, 0.29) is 48.5 Å². The number of esters is 1. The summed E-state index contributed by atoms with van der Waals surface area (Å²) in [7, 11) is 1.56. The van der Waals surface area contributed by atoms with Crippen LogP contribution in [0.2, 0.25) is 0 Å². The number of amides is 3. The van der Waals surface area contributed by atoms with Crippen LogP contribution in [-0.2, 0) is 23.9 Å². The number of ether oxygens (including phenoxy) is 2. The van der Waals surface area contributed by atoms with Crippen LogP contribution < -0.4 is 10.1 Å². The van der Waals surface area contributed by atoms with Crippen molar-refractivity contribution in [2.75, 3.05) is 25.6 Å². The molecule has 2 bridgehead atoms. The lowest BCUT2D eigenvalue weighted by atomic mass is 9.55. The number of nitrogens with zero attached hydrogens (tertiary/aromatic N) is 1. The monoisotopic (exact) mass is 552 g/mol. The summed E-state index contributed by atoms with van der Waals surface area (Å²) in [6.45, 7) is -0.0202. The molecule has 0 unspecified atom stereocenters. The molecule has 3 amide bonds. The van der Waals surface area contributed by atoms with Gasteiger partial charge in [0.1, 0.15) is 5.75 Å². The molecule has 3 aromatic rings. The van der Waals surface area contributed by atoms with E-state index in [1.807, 2.05) is 24.3 Å². The van der Waals surface area contributed by atoms with Gasteiger partial charge in [-0.2, -0.15) is 0 Å². The number of benzene rings is 3. The number of anilines is 1. The summed E-state index contributed by atoms with van der Waals surface area (Å²) in [6, 6.07) is 23.3. The summed E-state index contributed by atoms with van der Waals surface area (Å²) < 4.78 is 10.2. The average Bonchev–Trinajstić information content (AvgIpc) is 3.25. The molecule has 3 aliphatic carbocycles. The molecule has 8 nitrogen and oxygen atoms in total. The Morgan fingerprint density at radius 2 is 1.29 bits per heavy atom. The van der Waals surface area contributed by atoms with Crippen LogP contribution in [-0.4, -0.2) is 48.9 Å². The summed E-state index contributed by atoms with van der Waals surface area (Å²) in [4.78, 5) is 52.9. The van der Waals surface area contributed by atoms with Gasteiger partial charge in [-0.3, -0.25) is 24.1 Å². The number of carbonyl (C=O) groups is 4. The Balaban J connectivity index is 0.986. The quantitative estimate of drug-likeness (QED) is 0.224. The normalized spacial score (nSPS) is 21.6. The van der Waals surface area contributed by atoms with E-state index in [1.54, 1.807) is 31.4 Å². The minimum Gasteiger partial charge on any atom is -0.497 e. The predicted molar refractivity (Wildman–Crippen MR) is 151 cm³/mol. The minimum atomic E-state index is -0.457. The molecule has 8 heteroatoms. The lowest BCUT2D eigenvalue weighted by molar-refractivity contribution is -0.147. The van der Waals surface area contributed by atoms with Crippen LogP contribution in [0.25, 0.3) is 0 Å². The number of rotatable bonds is 10. The standard InChI is InChI=1S/C33H32N2O6/c1-40-21-16-14-20(15-17-21)34-26(36)19-41-27(37)13-3-2-8-18-35-32(38)30-28-22-9-4-5-10-23(22)29(31(30)33(35)39)25-12-7-6-11-24(25)28/h4-7,9-12,14-17,28-31H,2-3,8,13,18-19H2,1H3,(H,34,36)/t28?,29?,30-,31-/m0/s1. The molecule has 1 saturated heterocycles.